The maximum atomic E-state index is 12.9. The molecule has 0 saturated carbocycles. The van der Waals surface area contributed by atoms with Crippen molar-refractivity contribution in [1.29, 1.82) is 0 Å². The highest BCUT2D eigenvalue weighted by Crippen LogP contribution is 2.25. The average molecular weight is 466 g/mol. The molecule has 0 aliphatic heterocycles. The number of rotatable bonds is 7. The summed E-state index contributed by atoms with van der Waals surface area (Å²) in [6.45, 7) is 0. The lowest BCUT2D eigenvalue weighted by atomic mass is 10.1. The Labute approximate surface area is 192 Å². The van der Waals surface area contributed by atoms with Crippen LogP contribution in [0.15, 0.2) is 76.8 Å². The molecule has 33 heavy (non-hydrogen) atoms. The fourth-order valence-electron chi connectivity index (χ4n) is 2.68. The van der Waals surface area contributed by atoms with Gasteiger partial charge in [0.15, 0.2) is 0 Å². The number of nitro groups is 2. The first-order valence-electron chi connectivity index (χ1n) is 9.39. The van der Waals surface area contributed by atoms with Gasteiger partial charge in [-0.25, -0.2) is 5.01 Å². The highest BCUT2D eigenvalue weighted by atomic mass is 35.5. The largest absolute Gasteiger partial charge is 0.275 e. The van der Waals surface area contributed by atoms with E-state index in [1.54, 1.807) is 24.3 Å². The van der Waals surface area contributed by atoms with E-state index in [2.05, 4.69) is 10.1 Å². The summed E-state index contributed by atoms with van der Waals surface area (Å²) >= 11 is 6.06. The van der Waals surface area contributed by atoms with Crippen molar-refractivity contribution < 1.29 is 14.6 Å². The molecular weight excluding hydrogens is 450 g/mol. The number of nitro benzene ring substituents is 2. The van der Waals surface area contributed by atoms with Gasteiger partial charge in [-0.05, 0) is 53.6 Å². The van der Waals surface area contributed by atoms with Crippen LogP contribution in [0.4, 0.5) is 17.1 Å². The van der Waals surface area contributed by atoms with Crippen LogP contribution >= 0.6 is 11.6 Å². The molecule has 0 spiro atoms. The molecule has 166 valence electrons. The lowest BCUT2D eigenvalue weighted by molar-refractivity contribution is -0.385. The number of hydrogen-bond donors (Lipinski definition) is 0. The Morgan fingerprint density at radius 2 is 1.39 bits per heavy atom. The number of hydrogen-bond acceptors (Lipinski definition) is 7. The highest BCUT2D eigenvalue weighted by molar-refractivity contribution is 6.31. The minimum absolute atomic E-state index is 0.0398. The normalized spacial score (nSPS) is 11.1. The fourth-order valence-corrected chi connectivity index (χ4v) is 2.85. The van der Waals surface area contributed by atoms with E-state index in [1.807, 2.05) is 0 Å². The fraction of sp³-hybridized carbons (Fsp3) is 0.0455. The number of hydrazone groups is 1. The summed E-state index contributed by atoms with van der Waals surface area (Å²) in [7, 11) is 1.45. The second-order valence-corrected chi connectivity index (χ2v) is 7.13. The third kappa shape index (κ3) is 6.05. The van der Waals surface area contributed by atoms with E-state index in [1.165, 1.54) is 61.9 Å². The quantitative estimate of drug-likeness (QED) is 0.275. The maximum Gasteiger partial charge on any atom is 0.275 e. The number of aliphatic imine (C=N–C) groups is 1. The molecule has 10 nitrogen and oxygen atoms in total. The van der Waals surface area contributed by atoms with Crippen molar-refractivity contribution in [3.8, 4) is 0 Å². The standard InChI is InChI=1S/C22H16ClN5O5/c1-26(25-14-16-4-9-19(10-5-16)28(32)33)22(29)20-12-17(23)6-11-21(20)24-13-15-2-7-18(8-3-15)27(30)31/h2-14H,1H3. The van der Waals surface area contributed by atoms with E-state index in [-0.39, 0.29) is 16.9 Å². The topological polar surface area (TPSA) is 131 Å². The van der Waals surface area contributed by atoms with E-state index < -0.39 is 15.8 Å². The van der Waals surface area contributed by atoms with Crippen LogP contribution in [0.1, 0.15) is 21.5 Å². The molecule has 3 aromatic rings. The summed E-state index contributed by atoms with van der Waals surface area (Å²) in [5.74, 6) is -0.480. The Hall–Kier alpha value is -4.44. The van der Waals surface area contributed by atoms with E-state index in [9.17, 15) is 25.0 Å². The van der Waals surface area contributed by atoms with E-state index in [0.717, 1.165) is 5.01 Å². The zero-order valence-corrected chi connectivity index (χ0v) is 17.9. The smallest absolute Gasteiger partial charge is 0.267 e. The molecule has 0 atom stereocenters. The number of carbonyl (C=O) groups excluding carboxylic acids is 1. The summed E-state index contributed by atoms with van der Waals surface area (Å²) in [6.07, 6.45) is 2.87. The molecule has 0 bridgehead atoms. The molecule has 0 radical (unpaired) electrons. The molecule has 0 saturated heterocycles. The Morgan fingerprint density at radius 3 is 1.91 bits per heavy atom. The molecule has 3 aromatic carbocycles. The number of halogens is 1. The number of nitrogens with zero attached hydrogens (tertiary/aromatic N) is 5. The first kappa shape index (κ1) is 23.2. The lowest BCUT2D eigenvalue weighted by Crippen LogP contribution is -2.21. The molecular formula is C22H16ClN5O5. The number of amides is 1. The second kappa shape index (κ2) is 10.2. The van der Waals surface area contributed by atoms with Gasteiger partial charge in [-0.3, -0.25) is 30.0 Å². The van der Waals surface area contributed by atoms with Crippen LogP contribution < -0.4 is 0 Å². The zero-order valence-electron chi connectivity index (χ0n) is 17.2. The first-order chi connectivity index (χ1) is 15.7. The molecule has 3 rings (SSSR count). The van der Waals surface area contributed by atoms with Crippen molar-refractivity contribution >= 4 is 47.0 Å². The number of benzene rings is 3. The van der Waals surface area contributed by atoms with Crippen LogP contribution in [-0.2, 0) is 0 Å². The Morgan fingerprint density at radius 1 is 0.879 bits per heavy atom. The second-order valence-electron chi connectivity index (χ2n) is 6.69. The minimum atomic E-state index is -0.506. The minimum Gasteiger partial charge on any atom is -0.267 e. The predicted octanol–water partition coefficient (Wildman–Crippen LogP) is 5.01. The Bertz CT molecular complexity index is 1260. The van der Waals surface area contributed by atoms with Crippen molar-refractivity contribution in [1.82, 2.24) is 5.01 Å². The van der Waals surface area contributed by atoms with Crippen LogP contribution in [0, 0.1) is 20.2 Å². The molecule has 0 heterocycles. The summed E-state index contributed by atoms with van der Waals surface area (Å²) in [6, 6.07) is 16.1. The summed E-state index contributed by atoms with van der Waals surface area (Å²) < 4.78 is 0. The lowest BCUT2D eigenvalue weighted by Gasteiger charge is -2.13. The SMILES string of the molecule is CN(N=Cc1ccc([N+](=O)[O-])cc1)C(=O)c1cc(Cl)ccc1N=Cc1ccc([N+](=O)[O-])cc1. The van der Waals surface area contributed by atoms with Crippen molar-refractivity contribution in [2.24, 2.45) is 10.1 Å². The van der Waals surface area contributed by atoms with Gasteiger partial charge in [0.1, 0.15) is 0 Å². The van der Waals surface area contributed by atoms with Gasteiger partial charge in [0, 0.05) is 42.6 Å². The highest BCUT2D eigenvalue weighted by Gasteiger charge is 2.16. The maximum absolute atomic E-state index is 12.9. The molecule has 1 amide bonds. The summed E-state index contributed by atoms with van der Waals surface area (Å²) in [4.78, 5) is 37.8. The van der Waals surface area contributed by atoms with Gasteiger partial charge >= 0.3 is 0 Å². The predicted molar refractivity (Wildman–Crippen MR) is 125 cm³/mol. The molecule has 0 aliphatic carbocycles. The van der Waals surface area contributed by atoms with Crippen molar-refractivity contribution in [3.63, 3.8) is 0 Å². The van der Waals surface area contributed by atoms with Crippen molar-refractivity contribution in [3.05, 3.63) is 109 Å². The Balaban J connectivity index is 1.80. The van der Waals surface area contributed by atoms with Gasteiger partial charge in [-0.2, -0.15) is 5.10 Å². The molecule has 0 aromatic heterocycles. The van der Waals surface area contributed by atoms with Gasteiger partial charge < -0.3 is 0 Å². The van der Waals surface area contributed by atoms with Crippen LogP contribution in [0.25, 0.3) is 0 Å². The van der Waals surface area contributed by atoms with Gasteiger partial charge in [-0.1, -0.05) is 11.6 Å². The van der Waals surface area contributed by atoms with Crippen LogP contribution in [0.3, 0.4) is 0 Å². The molecule has 0 N–H and O–H groups in total. The molecule has 0 unspecified atom stereocenters. The summed E-state index contributed by atoms with van der Waals surface area (Å²) in [5.41, 5.74) is 1.62. The van der Waals surface area contributed by atoms with Gasteiger partial charge in [0.05, 0.1) is 27.3 Å². The van der Waals surface area contributed by atoms with Crippen molar-refractivity contribution in [2.75, 3.05) is 7.05 Å². The first-order valence-corrected chi connectivity index (χ1v) is 9.77. The van der Waals surface area contributed by atoms with Crippen LogP contribution in [0.2, 0.25) is 5.02 Å². The van der Waals surface area contributed by atoms with Crippen LogP contribution in [-0.4, -0.2) is 40.2 Å². The molecule has 0 aliphatic rings. The van der Waals surface area contributed by atoms with Gasteiger partial charge in [0.25, 0.3) is 17.3 Å². The van der Waals surface area contributed by atoms with E-state index >= 15 is 0 Å². The Kier molecular flexibility index (Phi) is 7.21. The number of non-ortho nitro benzene ring substituents is 2. The van der Waals surface area contributed by atoms with Crippen molar-refractivity contribution in [2.45, 2.75) is 0 Å². The van der Waals surface area contributed by atoms with Gasteiger partial charge in [-0.15, -0.1) is 0 Å². The third-order valence-electron chi connectivity index (χ3n) is 4.42. The monoisotopic (exact) mass is 465 g/mol. The molecule has 11 heteroatoms. The average Bonchev–Trinajstić information content (AvgIpc) is 2.81. The van der Waals surface area contributed by atoms with Gasteiger partial charge in [0.2, 0.25) is 0 Å². The summed E-state index contributed by atoms with van der Waals surface area (Å²) in [5, 5.41) is 27.0. The van der Waals surface area contributed by atoms with Crippen LogP contribution in [0.5, 0.6) is 0 Å². The molecule has 0 fully saturated rings. The third-order valence-corrected chi connectivity index (χ3v) is 4.66. The number of carbonyl (C=O) groups is 1. The zero-order chi connectivity index (χ0) is 24.0. The van der Waals surface area contributed by atoms with E-state index in [0.29, 0.717) is 21.8 Å². The van der Waals surface area contributed by atoms with E-state index in [4.69, 9.17) is 11.6 Å².